The summed E-state index contributed by atoms with van der Waals surface area (Å²) in [5.74, 6) is -1.18. The van der Waals surface area contributed by atoms with E-state index in [1.807, 2.05) is 12.1 Å². The van der Waals surface area contributed by atoms with Crippen LogP contribution in [0.1, 0.15) is 31.4 Å². The first-order valence-electron chi connectivity index (χ1n) is 8.37. The maximum Gasteiger partial charge on any atom is 0.244 e. The third kappa shape index (κ3) is 3.76. The number of amides is 1. The van der Waals surface area contributed by atoms with E-state index in [2.05, 4.69) is 9.71 Å². The number of benzene rings is 1. The quantitative estimate of drug-likeness (QED) is 0.867. The van der Waals surface area contributed by atoms with Crippen LogP contribution < -0.4 is 4.72 Å². The number of hydrogen-bond acceptors (Lipinski definition) is 4. The molecule has 1 fully saturated rings. The van der Waals surface area contributed by atoms with Gasteiger partial charge in [0.05, 0.1) is 12.1 Å². The van der Waals surface area contributed by atoms with E-state index in [0.717, 1.165) is 24.5 Å². The van der Waals surface area contributed by atoms with Crippen LogP contribution in [0.25, 0.3) is 0 Å². The number of carbonyl (C=O) groups is 1. The first-order valence-corrected chi connectivity index (χ1v) is 9.86. The number of halogens is 1. The van der Waals surface area contributed by atoms with Gasteiger partial charge in [-0.1, -0.05) is 12.1 Å². The van der Waals surface area contributed by atoms with Crippen molar-refractivity contribution in [3.63, 3.8) is 0 Å². The molecule has 1 aliphatic rings. The van der Waals surface area contributed by atoms with E-state index in [0.29, 0.717) is 6.54 Å². The fourth-order valence-corrected chi connectivity index (χ4v) is 4.50. The number of nitrogens with one attached hydrogen (secondary N) is 1. The van der Waals surface area contributed by atoms with Gasteiger partial charge in [0.2, 0.25) is 15.9 Å². The summed E-state index contributed by atoms with van der Waals surface area (Å²) >= 11 is 0. The highest BCUT2D eigenvalue weighted by atomic mass is 32.2. The minimum Gasteiger partial charge on any atom is -0.334 e. The minimum absolute atomic E-state index is 0.106. The molecule has 0 bridgehead atoms. The molecule has 1 amide bonds. The Balaban J connectivity index is 1.76. The van der Waals surface area contributed by atoms with Crippen LogP contribution in [0.3, 0.4) is 0 Å². The Morgan fingerprint density at radius 2 is 1.96 bits per heavy atom. The highest BCUT2D eigenvalue weighted by Crippen LogP contribution is 2.32. The van der Waals surface area contributed by atoms with Gasteiger partial charge >= 0.3 is 0 Å². The second-order valence-electron chi connectivity index (χ2n) is 6.24. The lowest BCUT2D eigenvalue weighted by atomic mass is 10.1. The summed E-state index contributed by atoms with van der Waals surface area (Å²) < 4.78 is 40.9. The standard InChI is InChI=1S/C18H20FN3O3S/c1-13(21-26(24,25)17-7-3-2-5-15(17)19)18(23)22-12-4-6-16(22)14-8-10-20-11-9-14/h2-3,5,7-11,13,16,21H,4,6,12H2,1H3/t13-,16-/m0/s1. The number of sulfonamides is 1. The van der Waals surface area contributed by atoms with Gasteiger partial charge in [-0.2, -0.15) is 4.72 Å². The Hall–Kier alpha value is -2.32. The Morgan fingerprint density at radius 1 is 1.27 bits per heavy atom. The van der Waals surface area contributed by atoms with Crippen molar-refractivity contribution in [1.82, 2.24) is 14.6 Å². The van der Waals surface area contributed by atoms with Gasteiger partial charge in [0, 0.05) is 18.9 Å². The zero-order valence-corrected chi connectivity index (χ0v) is 15.1. The second kappa shape index (κ2) is 7.51. The van der Waals surface area contributed by atoms with Crippen molar-refractivity contribution in [2.75, 3.05) is 6.54 Å². The van der Waals surface area contributed by atoms with Crippen LogP contribution in [0.5, 0.6) is 0 Å². The van der Waals surface area contributed by atoms with Crippen LogP contribution in [-0.2, 0) is 14.8 Å². The number of nitrogens with zero attached hydrogens (tertiary/aromatic N) is 2. The van der Waals surface area contributed by atoms with Crippen LogP contribution >= 0.6 is 0 Å². The van der Waals surface area contributed by atoms with Gasteiger partial charge in [-0.05, 0) is 49.6 Å². The Kier molecular flexibility index (Phi) is 5.33. The summed E-state index contributed by atoms with van der Waals surface area (Å²) in [6.07, 6.45) is 4.98. The third-order valence-electron chi connectivity index (χ3n) is 4.46. The monoisotopic (exact) mass is 377 g/mol. The second-order valence-corrected chi connectivity index (χ2v) is 7.93. The molecule has 138 valence electrons. The molecule has 0 unspecified atom stereocenters. The SMILES string of the molecule is C[C@H](NS(=O)(=O)c1ccccc1F)C(=O)N1CCC[C@H]1c1ccncc1. The first-order chi connectivity index (χ1) is 12.4. The maximum absolute atomic E-state index is 13.8. The highest BCUT2D eigenvalue weighted by molar-refractivity contribution is 7.89. The Bertz CT molecular complexity index is 890. The van der Waals surface area contributed by atoms with E-state index in [1.54, 1.807) is 17.3 Å². The van der Waals surface area contributed by atoms with Gasteiger partial charge in [-0.15, -0.1) is 0 Å². The van der Waals surface area contributed by atoms with Crippen molar-refractivity contribution in [3.05, 3.63) is 60.2 Å². The van der Waals surface area contributed by atoms with Gasteiger partial charge < -0.3 is 4.90 Å². The van der Waals surface area contributed by atoms with Crippen LogP contribution in [0.4, 0.5) is 4.39 Å². The van der Waals surface area contributed by atoms with E-state index in [4.69, 9.17) is 0 Å². The lowest BCUT2D eigenvalue weighted by Gasteiger charge is -2.28. The summed E-state index contributed by atoms with van der Waals surface area (Å²) in [6, 6.07) is 7.68. The van der Waals surface area contributed by atoms with E-state index in [1.165, 1.54) is 25.1 Å². The molecule has 1 aromatic carbocycles. The largest absolute Gasteiger partial charge is 0.334 e. The summed E-state index contributed by atoms with van der Waals surface area (Å²) in [5, 5.41) is 0. The molecule has 1 aliphatic heterocycles. The lowest BCUT2D eigenvalue weighted by molar-refractivity contribution is -0.133. The minimum atomic E-state index is -4.13. The predicted octanol–water partition coefficient (Wildman–Crippen LogP) is 2.25. The number of rotatable bonds is 5. The Morgan fingerprint density at radius 3 is 2.65 bits per heavy atom. The van der Waals surface area contributed by atoms with Crippen LogP contribution in [0.2, 0.25) is 0 Å². The average Bonchev–Trinajstić information content (AvgIpc) is 3.11. The molecule has 1 N–H and O–H groups in total. The van der Waals surface area contributed by atoms with E-state index >= 15 is 0 Å². The number of pyridine rings is 1. The number of carbonyl (C=O) groups excluding carboxylic acids is 1. The molecule has 0 aliphatic carbocycles. The molecule has 6 nitrogen and oxygen atoms in total. The molecular weight excluding hydrogens is 357 g/mol. The van der Waals surface area contributed by atoms with Crippen molar-refractivity contribution in [2.45, 2.75) is 36.7 Å². The lowest BCUT2D eigenvalue weighted by Crippen LogP contribution is -2.46. The molecule has 2 heterocycles. The fourth-order valence-electron chi connectivity index (χ4n) is 3.22. The van der Waals surface area contributed by atoms with Gasteiger partial charge in [0.15, 0.2) is 0 Å². The summed E-state index contributed by atoms with van der Waals surface area (Å²) in [4.78, 5) is 18.0. The zero-order valence-electron chi connectivity index (χ0n) is 14.3. The van der Waals surface area contributed by atoms with Gasteiger partial charge in [-0.3, -0.25) is 9.78 Å². The predicted molar refractivity (Wildman–Crippen MR) is 94.1 cm³/mol. The van der Waals surface area contributed by atoms with E-state index < -0.39 is 26.8 Å². The highest BCUT2D eigenvalue weighted by Gasteiger charge is 2.34. The molecule has 3 rings (SSSR count). The maximum atomic E-state index is 13.8. The van der Waals surface area contributed by atoms with Gasteiger partial charge in [0.1, 0.15) is 10.7 Å². The molecule has 0 saturated carbocycles. The van der Waals surface area contributed by atoms with Crippen molar-refractivity contribution < 1.29 is 17.6 Å². The Labute approximate surface area is 152 Å². The number of hydrogen-bond donors (Lipinski definition) is 1. The smallest absolute Gasteiger partial charge is 0.244 e. The molecule has 2 aromatic rings. The molecule has 2 atom stereocenters. The van der Waals surface area contributed by atoms with Gasteiger partial charge in [-0.25, -0.2) is 12.8 Å². The molecular formula is C18H20FN3O3S. The number of likely N-dealkylation sites (tertiary alicyclic amines) is 1. The first kappa shape index (κ1) is 18.5. The fraction of sp³-hybridized carbons (Fsp3) is 0.333. The van der Waals surface area contributed by atoms with E-state index in [-0.39, 0.29) is 11.9 Å². The third-order valence-corrected chi connectivity index (χ3v) is 6.03. The van der Waals surface area contributed by atoms with Crippen molar-refractivity contribution in [3.8, 4) is 0 Å². The summed E-state index contributed by atoms with van der Waals surface area (Å²) in [6.45, 7) is 2.03. The molecule has 1 aromatic heterocycles. The molecule has 8 heteroatoms. The van der Waals surface area contributed by atoms with Crippen molar-refractivity contribution in [2.24, 2.45) is 0 Å². The van der Waals surface area contributed by atoms with Gasteiger partial charge in [0.25, 0.3) is 0 Å². The van der Waals surface area contributed by atoms with E-state index in [9.17, 15) is 17.6 Å². The van der Waals surface area contributed by atoms with Crippen LogP contribution in [-0.4, -0.2) is 36.8 Å². The normalized spacial score (nSPS) is 18.7. The van der Waals surface area contributed by atoms with Crippen molar-refractivity contribution >= 4 is 15.9 Å². The summed E-state index contributed by atoms with van der Waals surface area (Å²) in [7, 11) is -4.13. The molecule has 1 saturated heterocycles. The van der Waals surface area contributed by atoms with Crippen LogP contribution in [0.15, 0.2) is 53.7 Å². The molecule has 0 spiro atoms. The average molecular weight is 377 g/mol. The molecule has 0 radical (unpaired) electrons. The van der Waals surface area contributed by atoms with Crippen molar-refractivity contribution in [1.29, 1.82) is 0 Å². The van der Waals surface area contributed by atoms with Crippen LogP contribution in [0, 0.1) is 5.82 Å². The number of aromatic nitrogens is 1. The topological polar surface area (TPSA) is 79.4 Å². The summed E-state index contributed by atoms with van der Waals surface area (Å²) in [5.41, 5.74) is 0.968. The zero-order chi connectivity index (χ0) is 18.7. The molecule has 26 heavy (non-hydrogen) atoms.